The van der Waals surface area contributed by atoms with E-state index < -0.39 is 10.0 Å². The number of hydrogen-bond acceptors (Lipinski definition) is 4. The zero-order chi connectivity index (χ0) is 24.3. The quantitative estimate of drug-likeness (QED) is 0.447. The van der Waals surface area contributed by atoms with Crippen LogP contribution in [0, 0.1) is 6.92 Å². The molecule has 1 N–H and O–H groups in total. The van der Waals surface area contributed by atoms with Gasteiger partial charge in [-0.2, -0.15) is 0 Å². The zero-order valence-corrected chi connectivity index (χ0v) is 21.5. The number of aryl methyl sites for hydroxylation is 2. The first-order chi connectivity index (χ1) is 16.3. The average molecular weight is 543 g/mol. The van der Waals surface area contributed by atoms with Crippen molar-refractivity contribution in [1.82, 2.24) is 5.32 Å². The number of para-hydroxylation sites is 1. The Labute approximate surface area is 209 Å². The van der Waals surface area contributed by atoms with Crippen molar-refractivity contribution in [3.8, 4) is 5.75 Å². The molecule has 3 aromatic rings. The molecule has 178 valence electrons. The van der Waals surface area contributed by atoms with Crippen LogP contribution in [0.15, 0.2) is 76.1 Å². The smallest absolute Gasteiger partial charge is 0.264 e. The molecule has 4 rings (SSSR count). The molecule has 0 fully saturated rings. The topological polar surface area (TPSA) is 75.7 Å². The number of hydrogen-bond donors (Lipinski definition) is 1. The van der Waals surface area contributed by atoms with Crippen molar-refractivity contribution in [3.05, 3.63) is 87.9 Å². The number of nitrogens with zero attached hydrogens (tertiary/aromatic N) is 1. The molecule has 8 heteroatoms. The second kappa shape index (κ2) is 10.2. The molecule has 0 bridgehead atoms. The van der Waals surface area contributed by atoms with Crippen molar-refractivity contribution in [2.75, 3.05) is 17.5 Å². The molecule has 1 aliphatic heterocycles. The Morgan fingerprint density at radius 1 is 1.12 bits per heavy atom. The Morgan fingerprint density at radius 3 is 2.68 bits per heavy atom. The molecule has 0 radical (unpaired) electrons. The summed E-state index contributed by atoms with van der Waals surface area (Å²) < 4.78 is 34.9. The summed E-state index contributed by atoms with van der Waals surface area (Å²) in [5.74, 6) is 0.219. The number of ether oxygens (including phenoxy) is 1. The van der Waals surface area contributed by atoms with Gasteiger partial charge in [0.25, 0.3) is 15.9 Å². The number of anilines is 1. The lowest BCUT2D eigenvalue weighted by Crippen LogP contribution is -2.35. The van der Waals surface area contributed by atoms with Crippen molar-refractivity contribution in [1.29, 1.82) is 0 Å². The van der Waals surface area contributed by atoms with Crippen LogP contribution in [-0.2, 0) is 21.2 Å². The van der Waals surface area contributed by atoms with Gasteiger partial charge in [0, 0.05) is 11.0 Å². The lowest BCUT2D eigenvalue weighted by Gasteiger charge is -2.30. The summed E-state index contributed by atoms with van der Waals surface area (Å²) >= 11 is 3.44. The predicted octanol–water partition coefficient (Wildman–Crippen LogP) is 5.16. The Morgan fingerprint density at radius 2 is 1.91 bits per heavy atom. The minimum absolute atomic E-state index is 0.162. The van der Waals surface area contributed by atoms with E-state index in [-0.39, 0.29) is 23.5 Å². The summed E-state index contributed by atoms with van der Waals surface area (Å²) in [4.78, 5) is 12.6. The van der Waals surface area contributed by atoms with Gasteiger partial charge in [0.05, 0.1) is 16.6 Å². The van der Waals surface area contributed by atoms with E-state index in [2.05, 4.69) is 21.2 Å². The molecular weight excluding hydrogens is 516 g/mol. The largest absolute Gasteiger partial charge is 0.484 e. The minimum Gasteiger partial charge on any atom is -0.484 e. The summed E-state index contributed by atoms with van der Waals surface area (Å²) in [5, 5.41) is 2.91. The van der Waals surface area contributed by atoms with E-state index in [9.17, 15) is 13.2 Å². The van der Waals surface area contributed by atoms with Crippen LogP contribution in [-0.4, -0.2) is 27.5 Å². The van der Waals surface area contributed by atoms with Crippen molar-refractivity contribution >= 4 is 37.5 Å². The summed E-state index contributed by atoms with van der Waals surface area (Å²) in [6.07, 6.45) is 1.65. The maximum absolute atomic E-state index is 13.4. The van der Waals surface area contributed by atoms with Crippen molar-refractivity contribution < 1.29 is 17.9 Å². The van der Waals surface area contributed by atoms with Crippen LogP contribution in [0.2, 0.25) is 0 Å². The monoisotopic (exact) mass is 542 g/mol. The number of amides is 1. The number of sulfonamides is 1. The lowest BCUT2D eigenvalue weighted by molar-refractivity contribution is -0.123. The molecule has 0 spiro atoms. The molecule has 0 unspecified atom stereocenters. The van der Waals surface area contributed by atoms with Crippen molar-refractivity contribution in [2.24, 2.45) is 0 Å². The van der Waals surface area contributed by atoms with E-state index in [0.717, 1.165) is 34.1 Å². The van der Waals surface area contributed by atoms with Gasteiger partial charge < -0.3 is 10.1 Å². The third kappa shape index (κ3) is 5.28. The molecular formula is C26H27BrN2O4S. The first-order valence-electron chi connectivity index (χ1n) is 11.1. The summed E-state index contributed by atoms with van der Waals surface area (Å²) in [6, 6.07) is 19.9. The first-order valence-corrected chi connectivity index (χ1v) is 13.4. The van der Waals surface area contributed by atoms with Crippen LogP contribution >= 0.6 is 15.9 Å². The number of carbonyl (C=O) groups is 1. The van der Waals surface area contributed by atoms with Gasteiger partial charge in [-0.1, -0.05) is 46.3 Å². The molecule has 0 saturated carbocycles. The second-order valence-corrected chi connectivity index (χ2v) is 11.1. The third-order valence-electron chi connectivity index (χ3n) is 5.89. The number of fused-ring (bicyclic) bond motifs is 1. The highest BCUT2D eigenvalue weighted by molar-refractivity contribution is 9.10. The van der Waals surface area contributed by atoms with E-state index in [1.165, 1.54) is 10.4 Å². The SMILES string of the molecule is Cc1cc(S(=O)(=O)N2CCCc3ccccc32)ccc1OCC(=O)N[C@H](C)c1cccc(Br)c1. The molecule has 34 heavy (non-hydrogen) atoms. The number of carbonyl (C=O) groups excluding carboxylic acids is 1. The maximum Gasteiger partial charge on any atom is 0.264 e. The number of benzene rings is 3. The second-order valence-electron chi connectivity index (χ2n) is 8.37. The Bertz CT molecular complexity index is 1310. The van der Waals surface area contributed by atoms with Crippen LogP contribution < -0.4 is 14.4 Å². The van der Waals surface area contributed by atoms with Crippen LogP contribution in [0.4, 0.5) is 5.69 Å². The normalized spacial score (nSPS) is 14.3. The van der Waals surface area contributed by atoms with Gasteiger partial charge in [0.15, 0.2) is 6.61 Å². The standard InChI is InChI=1S/C26H27BrN2O4S/c1-18-15-23(34(31,32)29-14-6-9-20-7-3-4-11-24(20)29)12-13-25(18)33-17-26(30)28-19(2)21-8-5-10-22(27)16-21/h3-5,7-8,10-13,15-16,19H,6,9,14,17H2,1-2H3,(H,28,30)/t19-/m1/s1. The number of rotatable bonds is 7. The summed E-state index contributed by atoms with van der Waals surface area (Å²) in [6.45, 7) is 3.97. The Balaban J connectivity index is 1.43. The predicted molar refractivity (Wildman–Crippen MR) is 137 cm³/mol. The molecule has 0 aliphatic carbocycles. The highest BCUT2D eigenvalue weighted by Crippen LogP contribution is 2.33. The third-order valence-corrected chi connectivity index (χ3v) is 8.19. The van der Waals surface area contributed by atoms with E-state index in [4.69, 9.17) is 4.74 Å². The molecule has 6 nitrogen and oxygen atoms in total. The zero-order valence-electron chi connectivity index (χ0n) is 19.1. The van der Waals surface area contributed by atoms with Crippen LogP contribution in [0.25, 0.3) is 0 Å². The molecule has 3 aromatic carbocycles. The Kier molecular flexibility index (Phi) is 7.28. The summed E-state index contributed by atoms with van der Waals surface area (Å²) in [7, 11) is -3.70. The van der Waals surface area contributed by atoms with Gasteiger partial charge >= 0.3 is 0 Å². The number of halogens is 1. The fraction of sp³-hybridized carbons (Fsp3) is 0.269. The molecule has 1 aliphatic rings. The van der Waals surface area contributed by atoms with Crippen molar-refractivity contribution in [2.45, 2.75) is 37.6 Å². The lowest BCUT2D eigenvalue weighted by atomic mass is 10.0. The fourth-order valence-corrected chi connectivity index (χ4v) is 6.15. The van der Waals surface area contributed by atoms with Gasteiger partial charge in [-0.25, -0.2) is 8.42 Å². The maximum atomic E-state index is 13.4. The van der Waals surface area contributed by atoms with Crippen LogP contribution in [0.1, 0.15) is 36.1 Å². The average Bonchev–Trinajstić information content (AvgIpc) is 2.82. The highest BCUT2D eigenvalue weighted by atomic mass is 79.9. The van der Waals surface area contributed by atoms with Crippen molar-refractivity contribution in [3.63, 3.8) is 0 Å². The molecule has 0 saturated heterocycles. The molecule has 1 heterocycles. The van der Waals surface area contributed by atoms with E-state index in [0.29, 0.717) is 17.9 Å². The first kappa shape index (κ1) is 24.3. The van der Waals surface area contributed by atoms with E-state index in [1.807, 2.05) is 55.5 Å². The van der Waals surface area contributed by atoms with Crippen LogP contribution in [0.3, 0.4) is 0 Å². The van der Waals surface area contributed by atoms with Crippen LogP contribution in [0.5, 0.6) is 5.75 Å². The minimum atomic E-state index is -3.70. The molecule has 0 aromatic heterocycles. The van der Waals surface area contributed by atoms with Gasteiger partial charge in [0.1, 0.15) is 5.75 Å². The van der Waals surface area contributed by atoms with Gasteiger partial charge in [-0.15, -0.1) is 0 Å². The van der Waals surface area contributed by atoms with Gasteiger partial charge in [-0.3, -0.25) is 9.10 Å². The highest BCUT2D eigenvalue weighted by Gasteiger charge is 2.29. The molecule has 1 amide bonds. The van der Waals surface area contributed by atoms with Gasteiger partial charge in [-0.05, 0) is 79.8 Å². The number of nitrogens with one attached hydrogen (secondary N) is 1. The Hall–Kier alpha value is -2.84. The van der Waals surface area contributed by atoms with E-state index >= 15 is 0 Å². The van der Waals surface area contributed by atoms with E-state index in [1.54, 1.807) is 19.1 Å². The summed E-state index contributed by atoms with van der Waals surface area (Å²) in [5.41, 5.74) is 3.41. The molecule has 1 atom stereocenters. The van der Waals surface area contributed by atoms with Gasteiger partial charge in [0.2, 0.25) is 0 Å². The fourth-order valence-electron chi connectivity index (χ4n) is 4.11.